The Balaban J connectivity index is 0.000000366. The van der Waals surface area contributed by atoms with Crippen LogP contribution in [0.2, 0.25) is 0 Å². The average molecular weight is 240 g/mol. The number of carbonyl (C=O) groups is 1. The SMILES string of the molecule is COC(C)OC.O=CCOCc1ccccc1. The molecular weight excluding hydrogens is 220 g/mol. The molecule has 0 atom stereocenters. The van der Waals surface area contributed by atoms with E-state index in [0.717, 1.165) is 11.8 Å². The number of carbonyl (C=O) groups excluding carboxylic acids is 1. The second-order valence-electron chi connectivity index (χ2n) is 3.21. The molecular formula is C13H20O4. The Morgan fingerprint density at radius 3 is 2.18 bits per heavy atom. The summed E-state index contributed by atoms with van der Waals surface area (Å²) in [6, 6.07) is 9.76. The van der Waals surface area contributed by atoms with Crippen LogP contribution < -0.4 is 0 Å². The Kier molecular flexibility index (Phi) is 10.4. The van der Waals surface area contributed by atoms with Crippen LogP contribution in [0.15, 0.2) is 30.3 Å². The van der Waals surface area contributed by atoms with Gasteiger partial charge in [-0.15, -0.1) is 0 Å². The normalized spacial score (nSPS) is 9.65. The zero-order valence-corrected chi connectivity index (χ0v) is 10.6. The third-order valence-electron chi connectivity index (χ3n) is 1.96. The van der Waals surface area contributed by atoms with E-state index in [1.165, 1.54) is 0 Å². The van der Waals surface area contributed by atoms with Crippen LogP contribution in [0.5, 0.6) is 0 Å². The van der Waals surface area contributed by atoms with Crippen molar-refractivity contribution >= 4 is 6.29 Å². The van der Waals surface area contributed by atoms with Crippen molar-refractivity contribution in [3.63, 3.8) is 0 Å². The molecule has 0 aliphatic carbocycles. The Bertz CT molecular complexity index is 270. The van der Waals surface area contributed by atoms with E-state index in [1.807, 2.05) is 37.3 Å². The topological polar surface area (TPSA) is 44.8 Å². The van der Waals surface area contributed by atoms with Gasteiger partial charge >= 0.3 is 0 Å². The van der Waals surface area contributed by atoms with Crippen molar-refractivity contribution in [3.8, 4) is 0 Å². The third-order valence-corrected chi connectivity index (χ3v) is 1.96. The highest BCUT2D eigenvalue weighted by atomic mass is 16.7. The largest absolute Gasteiger partial charge is 0.369 e. The Morgan fingerprint density at radius 1 is 1.18 bits per heavy atom. The van der Waals surface area contributed by atoms with Crippen LogP contribution in [0.25, 0.3) is 0 Å². The summed E-state index contributed by atoms with van der Waals surface area (Å²) in [5.74, 6) is 0. The first kappa shape index (κ1) is 15.8. The minimum Gasteiger partial charge on any atom is -0.369 e. The molecule has 0 aromatic heterocycles. The van der Waals surface area contributed by atoms with Crippen molar-refractivity contribution < 1.29 is 19.0 Å². The molecule has 0 saturated heterocycles. The van der Waals surface area contributed by atoms with E-state index in [-0.39, 0.29) is 12.9 Å². The predicted octanol–water partition coefficient (Wildman–Crippen LogP) is 2.03. The first-order chi connectivity index (χ1) is 8.24. The molecule has 0 fully saturated rings. The number of aldehydes is 1. The van der Waals surface area contributed by atoms with E-state index in [0.29, 0.717) is 6.61 Å². The molecule has 4 nitrogen and oxygen atoms in total. The van der Waals surface area contributed by atoms with E-state index < -0.39 is 0 Å². The molecule has 0 bridgehead atoms. The smallest absolute Gasteiger partial charge is 0.154 e. The minimum atomic E-state index is -0.0648. The fourth-order valence-electron chi connectivity index (χ4n) is 0.895. The molecule has 17 heavy (non-hydrogen) atoms. The highest BCUT2D eigenvalue weighted by Crippen LogP contribution is 1.99. The Labute approximate surface area is 102 Å². The van der Waals surface area contributed by atoms with Crippen molar-refractivity contribution in [2.75, 3.05) is 20.8 Å². The molecule has 0 saturated carbocycles. The number of ether oxygens (including phenoxy) is 3. The quantitative estimate of drug-likeness (QED) is 0.433. The molecule has 0 N–H and O–H groups in total. The van der Waals surface area contributed by atoms with Gasteiger partial charge in [0, 0.05) is 14.2 Å². The Morgan fingerprint density at radius 2 is 1.76 bits per heavy atom. The summed E-state index contributed by atoms with van der Waals surface area (Å²) < 4.78 is 14.4. The lowest BCUT2D eigenvalue weighted by Gasteiger charge is -2.03. The molecule has 1 aromatic rings. The molecule has 4 heteroatoms. The molecule has 0 amide bonds. The molecule has 1 aromatic carbocycles. The van der Waals surface area contributed by atoms with Crippen molar-refractivity contribution in [3.05, 3.63) is 35.9 Å². The van der Waals surface area contributed by atoms with Gasteiger partial charge in [-0.1, -0.05) is 30.3 Å². The summed E-state index contributed by atoms with van der Waals surface area (Å²) in [4.78, 5) is 9.87. The van der Waals surface area contributed by atoms with Crippen LogP contribution in [-0.4, -0.2) is 33.4 Å². The van der Waals surface area contributed by atoms with Gasteiger partial charge in [-0.25, -0.2) is 0 Å². The predicted molar refractivity (Wildman–Crippen MR) is 65.6 cm³/mol. The molecule has 0 spiro atoms. The van der Waals surface area contributed by atoms with Crippen molar-refractivity contribution in [2.45, 2.75) is 19.8 Å². The second kappa shape index (κ2) is 11.3. The van der Waals surface area contributed by atoms with Gasteiger partial charge in [0.05, 0.1) is 6.61 Å². The van der Waals surface area contributed by atoms with E-state index in [1.54, 1.807) is 14.2 Å². The number of benzene rings is 1. The summed E-state index contributed by atoms with van der Waals surface area (Å²) in [5, 5.41) is 0. The molecule has 0 heterocycles. The maximum absolute atomic E-state index is 9.87. The summed E-state index contributed by atoms with van der Waals surface area (Å²) in [6.07, 6.45) is 0.688. The van der Waals surface area contributed by atoms with Gasteiger partial charge in [0.2, 0.25) is 0 Å². The van der Waals surface area contributed by atoms with Crippen molar-refractivity contribution in [2.24, 2.45) is 0 Å². The molecule has 0 radical (unpaired) electrons. The molecule has 96 valence electrons. The van der Waals surface area contributed by atoms with Gasteiger partial charge in [-0.05, 0) is 12.5 Å². The first-order valence-corrected chi connectivity index (χ1v) is 5.35. The minimum absolute atomic E-state index is 0.0648. The fourth-order valence-corrected chi connectivity index (χ4v) is 0.895. The maximum atomic E-state index is 9.87. The van der Waals surface area contributed by atoms with Gasteiger partial charge in [-0.2, -0.15) is 0 Å². The molecule has 0 aliphatic heterocycles. The van der Waals surface area contributed by atoms with Gasteiger partial charge in [0.1, 0.15) is 12.9 Å². The standard InChI is InChI=1S/C9H10O2.C4H10O2/c10-6-7-11-8-9-4-2-1-3-5-9;1-4(5-2)6-3/h1-6H,7-8H2;4H,1-3H3. The van der Waals surface area contributed by atoms with E-state index in [2.05, 4.69) is 9.47 Å². The highest BCUT2D eigenvalue weighted by molar-refractivity contribution is 5.50. The number of rotatable bonds is 6. The second-order valence-corrected chi connectivity index (χ2v) is 3.21. The average Bonchev–Trinajstić information content (AvgIpc) is 2.40. The van der Waals surface area contributed by atoms with E-state index in [4.69, 9.17) is 4.74 Å². The monoisotopic (exact) mass is 240 g/mol. The van der Waals surface area contributed by atoms with Crippen LogP contribution >= 0.6 is 0 Å². The van der Waals surface area contributed by atoms with Crippen molar-refractivity contribution in [1.29, 1.82) is 0 Å². The lowest BCUT2D eigenvalue weighted by atomic mass is 10.2. The van der Waals surface area contributed by atoms with Crippen LogP contribution in [0.1, 0.15) is 12.5 Å². The van der Waals surface area contributed by atoms with Gasteiger partial charge < -0.3 is 19.0 Å². The Hall–Kier alpha value is -1.23. The fraction of sp³-hybridized carbons (Fsp3) is 0.462. The zero-order valence-electron chi connectivity index (χ0n) is 10.6. The number of hydrogen-bond donors (Lipinski definition) is 0. The van der Waals surface area contributed by atoms with Gasteiger partial charge in [0.25, 0.3) is 0 Å². The first-order valence-electron chi connectivity index (χ1n) is 5.35. The maximum Gasteiger partial charge on any atom is 0.154 e. The molecule has 0 aliphatic rings. The van der Waals surface area contributed by atoms with Crippen molar-refractivity contribution in [1.82, 2.24) is 0 Å². The summed E-state index contributed by atoms with van der Waals surface area (Å²) in [7, 11) is 3.21. The summed E-state index contributed by atoms with van der Waals surface area (Å²) in [6.45, 7) is 2.52. The highest BCUT2D eigenvalue weighted by Gasteiger charge is 1.89. The number of methoxy groups -OCH3 is 2. The number of hydrogen-bond acceptors (Lipinski definition) is 4. The zero-order chi connectivity index (χ0) is 12.9. The van der Waals surface area contributed by atoms with Crippen LogP contribution in [0.4, 0.5) is 0 Å². The van der Waals surface area contributed by atoms with Crippen LogP contribution in [0, 0.1) is 0 Å². The third kappa shape index (κ3) is 9.68. The van der Waals surface area contributed by atoms with E-state index in [9.17, 15) is 4.79 Å². The van der Waals surface area contributed by atoms with Gasteiger partial charge in [-0.3, -0.25) is 0 Å². The lowest BCUT2D eigenvalue weighted by molar-refractivity contribution is -0.112. The summed E-state index contributed by atoms with van der Waals surface area (Å²) >= 11 is 0. The van der Waals surface area contributed by atoms with Crippen LogP contribution in [-0.2, 0) is 25.6 Å². The summed E-state index contributed by atoms with van der Waals surface area (Å²) in [5.41, 5.74) is 1.09. The lowest BCUT2D eigenvalue weighted by Crippen LogP contribution is -2.05. The van der Waals surface area contributed by atoms with Gasteiger partial charge in [0.15, 0.2) is 6.29 Å². The molecule has 1 rings (SSSR count). The van der Waals surface area contributed by atoms with E-state index >= 15 is 0 Å². The van der Waals surface area contributed by atoms with Crippen LogP contribution in [0.3, 0.4) is 0 Å². The molecule has 0 unspecified atom stereocenters.